The third-order valence-electron chi connectivity index (χ3n) is 4.01. The van der Waals surface area contributed by atoms with Crippen LogP contribution in [0.25, 0.3) is 11.0 Å². The molecule has 0 saturated carbocycles. The summed E-state index contributed by atoms with van der Waals surface area (Å²) in [5.74, 6) is 1.08. The third-order valence-corrected chi connectivity index (χ3v) is 4.01. The summed E-state index contributed by atoms with van der Waals surface area (Å²) in [5.41, 5.74) is 4.44. The van der Waals surface area contributed by atoms with Crippen molar-refractivity contribution in [2.24, 2.45) is 14.1 Å². The van der Waals surface area contributed by atoms with Gasteiger partial charge in [0.15, 0.2) is 0 Å². The van der Waals surface area contributed by atoms with Gasteiger partial charge in [0.2, 0.25) is 0 Å². The van der Waals surface area contributed by atoms with Gasteiger partial charge >= 0.3 is 0 Å². The topological polar surface area (TPSA) is 47.7 Å². The molecule has 2 aromatic heterocycles. The van der Waals surface area contributed by atoms with E-state index in [1.54, 1.807) is 0 Å². The third kappa shape index (κ3) is 2.45. The van der Waals surface area contributed by atoms with Crippen molar-refractivity contribution in [1.82, 2.24) is 24.6 Å². The fourth-order valence-electron chi connectivity index (χ4n) is 2.87. The van der Waals surface area contributed by atoms with Crippen LogP contribution in [-0.4, -0.2) is 26.4 Å². The number of hydrogen-bond donors (Lipinski definition) is 1. The van der Waals surface area contributed by atoms with Gasteiger partial charge in [0.1, 0.15) is 5.82 Å². The average Bonchev–Trinajstić information content (AvgIpc) is 2.97. The molecule has 0 radical (unpaired) electrons. The first-order valence-electron chi connectivity index (χ1n) is 7.18. The zero-order valence-electron chi connectivity index (χ0n) is 13.0. The number of nitrogens with zero attached hydrogens (tertiary/aromatic N) is 4. The predicted molar refractivity (Wildman–Crippen MR) is 84.2 cm³/mol. The molecule has 5 heteroatoms. The van der Waals surface area contributed by atoms with E-state index in [1.165, 1.54) is 11.2 Å². The number of nitrogens with one attached hydrogen (secondary N) is 1. The summed E-state index contributed by atoms with van der Waals surface area (Å²) in [5, 5.41) is 7.81. The number of para-hydroxylation sites is 2. The molecule has 0 aliphatic heterocycles. The van der Waals surface area contributed by atoms with Crippen molar-refractivity contribution < 1.29 is 0 Å². The standard InChI is InChI=1S/C16H21N5/c1-11-9-15(21(4)19-11)13(17-2)10-16-18-12-7-5-6-8-14(12)20(16)3/h5-9,13,17H,10H2,1-4H3. The molecule has 3 aromatic rings. The number of hydrogen-bond acceptors (Lipinski definition) is 3. The maximum Gasteiger partial charge on any atom is 0.111 e. The molecule has 2 heterocycles. The lowest BCUT2D eigenvalue weighted by Gasteiger charge is -2.16. The van der Waals surface area contributed by atoms with Gasteiger partial charge in [0.05, 0.1) is 28.5 Å². The molecule has 1 atom stereocenters. The molecule has 0 bridgehead atoms. The summed E-state index contributed by atoms with van der Waals surface area (Å²) in [6.45, 7) is 2.02. The smallest absolute Gasteiger partial charge is 0.111 e. The van der Waals surface area contributed by atoms with E-state index in [2.05, 4.69) is 40.2 Å². The number of aromatic nitrogens is 4. The Hall–Kier alpha value is -2.14. The van der Waals surface area contributed by atoms with Crippen LogP contribution in [-0.2, 0) is 20.5 Å². The van der Waals surface area contributed by atoms with Crippen molar-refractivity contribution in [3.63, 3.8) is 0 Å². The predicted octanol–water partition coefficient (Wildman–Crippen LogP) is 2.12. The normalized spacial score (nSPS) is 13.0. The number of fused-ring (bicyclic) bond motifs is 1. The maximum atomic E-state index is 4.76. The Morgan fingerprint density at radius 1 is 1.24 bits per heavy atom. The van der Waals surface area contributed by atoms with E-state index in [-0.39, 0.29) is 6.04 Å². The van der Waals surface area contributed by atoms with Crippen LogP contribution in [0.5, 0.6) is 0 Å². The Morgan fingerprint density at radius 3 is 2.62 bits per heavy atom. The number of rotatable bonds is 4. The fourth-order valence-corrected chi connectivity index (χ4v) is 2.87. The minimum absolute atomic E-state index is 0.201. The highest BCUT2D eigenvalue weighted by Gasteiger charge is 2.18. The molecule has 5 nitrogen and oxygen atoms in total. The summed E-state index contributed by atoms with van der Waals surface area (Å²) in [6, 6.07) is 10.6. The Bertz CT molecular complexity index is 768. The van der Waals surface area contributed by atoms with Gasteiger partial charge in [0.25, 0.3) is 0 Å². The van der Waals surface area contributed by atoms with Crippen LogP contribution in [0.4, 0.5) is 0 Å². The van der Waals surface area contributed by atoms with Gasteiger partial charge in [-0.05, 0) is 32.2 Å². The fraction of sp³-hybridized carbons (Fsp3) is 0.375. The van der Waals surface area contributed by atoms with Gasteiger partial charge in [0, 0.05) is 20.5 Å². The van der Waals surface area contributed by atoms with Gasteiger partial charge in [-0.2, -0.15) is 5.10 Å². The molecule has 1 unspecified atom stereocenters. The molecular weight excluding hydrogens is 262 g/mol. The number of aryl methyl sites for hydroxylation is 3. The summed E-state index contributed by atoms with van der Waals surface area (Å²) >= 11 is 0. The van der Waals surface area contributed by atoms with E-state index in [0.29, 0.717) is 0 Å². The van der Waals surface area contributed by atoms with E-state index in [4.69, 9.17) is 4.98 Å². The second-order valence-corrected chi connectivity index (χ2v) is 5.46. The lowest BCUT2D eigenvalue weighted by molar-refractivity contribution is 0.520. The first kappa shape index (κ1) is 13.8. The van der Waals surface area contributed by atoms with Crippen LogP contribution < -0.4 is 5.32 Å². The van der Waals surface area contributed by atoms with Crippen LogP contribution in [0.3, 0.4) is 0 Å². The van der Waals surface area contributed by atoms with Crippen LogP contribution in [0.1, 0.15) is 23.3 Å². The molecule has 0 amide bonds. The molecule has 0 fully saturated rings. The quantitative estimate of drug-likeness (QED) is 0.798. The number of imidazole rings is 1. The molecular formula is C16H21N5. The first-order valence-corrected chi connectivity index (χ1v) is 7.18. The second-order valence-electron chi connectivity index (χ2n) is 5.46. The van der Waals surface area contributed by atoms with Gasteiger partial charge in [-0.3, -0.25) is 4.68 Å². The Morgan fingerprint density at radius 2 is 2.00 bits per heavy atom. The zero-order valence-corrected chi connectivity index (χ0v) is 13.0. The molecule has 0 spiro atoms. The van der Waals surface area contributed by atoms with Crippen LogP contribution in [0.15, 0.2) is 30.3 Å². The monoisotopic (exact) mass is 283 g/mol. The lowest BCUT2D eigenvalue weighted by atomic mass is 10.1. The van der Waals surface area contributed by atoms with Crippen molar-refractivity contribution in [1.29, 1.82) is 0 Å². The molecule has 1 N–H and O–H groups in total. The number of benzene rings is 1. The molecule has 21 heavy (non-hydrogen) atoms. The van der Waals surface area contributed by atoms with Crippen molar-refractivity contribution in [3.8, 4) is 0 Å². The van der Waals surface area contributed by atoms with Gasteiger partial charge in [-0.1, -0.05) is 12.1 Å². The average molecular weight is 283 g/mol. The first-order chi connectivity index (χ1) is 10.1. The SMILES string of the molecule is CNC(Cc1nc2ccccc2n1C)c1cc(C)nn1C. The van der Waals surface area contributed by atoms with E-state index >= 15 is 0 Å². The maximum absolute atomic E-state index is 4.76. The Kier molecular flexibility index (Phi) is 3.51. The molecule has 110 valence electrons. The summed E-state index contributed by atoms with van der Waals surface area (Å²) < 4.78 is 4.11. The Balaban J connectivity index is 1.96. The van der Waals surface area contributed by atoms with Gasteiger partial charge in [-0.15, -0.1) is 0 Å². The van der Waals surface area contributed by atoms with Crippen molar-refractivity contribution >= 4 is 11.0 Å². The van der Waals surface area contributed by atoms with Gasteiger partial charge < -0.3 is 9.88 Å². The largest absolute Gasteiger partial charge is 0.331 e. The van der Waals surface area contributed by atoms with E-state index in [1.807, 2.05) is 37.8 Å². The Labute approximate surface area is 124 Å². The highest BCUT2D eigenvalue weighted by molar-refractivity contribution is 5.75. The van der Waals surface area contributed by atoms with E-state index in [0.717, 1.165) is 23.5 Å². The number of likely N-dealkylation sites (N-methyl/N-ethyl adjacent to an activating group) is 1. The summed E-state index contributed by atoms with van der Waals surface area (Å²) in [7, 11) is 6.04. The lowest BCUT2D eigenvalue weighted by Crippen LogP contribution is -2.23. The van der Waals surface area contributed by atoms with Crippen LogP contribution in [0, 0.1) is 6.92 Å². The second kappa shape index (κ2) is 5.33. The summed E-state index contributed by atoms with van der Waals surface area (Å²) in [6.07, 6.45) is 0.834. The summed E-state index contributed by atoms with van der Waals surface area (Å²) in [4.78, 5) is 4.76. The highest BCUT2D eigenvalue weighted by atomic mass is 15.3. The molecule has 1 aromatic carbocycles. The molecule has 0 saturated heterocycles. The van der Waals surface area contributed by atoms with Crippen molar-refractivity contribution in [3.05, 3.63) is 47.5 Å². The van der Waals surface area contributed by atoms with Crippen molar-refractivity contribution in [2.45, 2.75) is 19.4 Å². The van der Waals surface area contributed by atoms with Crippen LogP contribution >= 0.6 is 0 Å². The van der Waals surface area contributed by atoms with Gasteiger partial charge in [-0.25, -0.2) is 4.98 Å². The van der Waals surface area contributed by atoms with E-state index in [9.17, 15) is 0 Å². The minimum atomic E-state index is 0.201. The zero-order chi connectivity index (χ0) is 15.0. The van der Waals surface area contributed by atoms with E-state index < -0.39 is 0 Å². The molecule has 3 rings (SSSR count). The molecule has 0 aliphatic carbocycles. The van der Waals surface area contributed by atoms with Crippen LogP contribution in [0.2, 0.25) is 0 Å². The highest BCUT2D eigenvalue weighted by Crippen LogP contribution is 2.21. The minimum Gasteiger partial charge on any atom is -0.331 e. The molecule has 0 aliphatic rings. The van der Waals surface area contributed by atoms with Crippen molar-refractivity contribution in [2.75, 3.05) is 7.05 Å².